The third-order valence-corrected chi connectivity index (χ3v) is 4.18. The molecule has 4 rings (SSSR count). The number of allylic oxidation sites excluding steroid dienone is 1. The average Bonchev–Trinajstić information content (AvgIpc) is 3.40. The molecule has 2 N–H and O–H groups in total. The van der Waals surface area contributed by atoms with Crippen LogP contribution in [0, 0.1) is 0 Å². The normalized spacial score (nSPS) is 21.6. The number of rotatable bonds is 6. The predicted octanol–water partition coefficient (Wildman–Crippen LogP) is -0.419. The smallest absolute Gasteiger partial charge is 0.327 e. The van der Waals surface area contributed by atoms with Gasteiger partial charge in [-0.3, -0.25) is 9.59 Å². The molecule has 3 aliphatic heterocycles. The molecule has 4 aliphatic rings. The van der Waals surface area contributed by atoms with Crippen molar-refractivity contribution in [1.82, 2.24) is 14.7 Å². The van der Waals surface area contributed by atoms with Gasteiger partial charge in [0.05, 0.1) is 12.3 Å². The molecule has 3 saturated heterocycles. The van der Waals surface area contributed by atoms with Gasteiger partial charge in [0.15, 0.2) is 0 Å². The van der Waals surface area contributed by atoms with E-state index in [0.717, 1.165) is 39.3 Å². The number of carbonyl (C=O) groups excluding carboxylic acids is 2. The third-order valence-electron chi connectivity index (χ3n) is 3.80. The van der Waals surface area contributed by atoms with Crippen LogP contribution in [0.4, 0.5) is 0 Å². The summed E-state index contributed by atoms with van der Waals surface area (Å²) < 4.78 is 4.25. The number of hydrogen-bond acceptors (Lipinski definition) is 8. The van der Waals surface area contributed by atoms with Crippen LogP contribution in [-0.2, 0) is 14.1 Å². The molecule has 9 heteroatoms. The molecule has 0 amide bonds. The molecule has 130 valence electrons. The topological polar surface area (TPSA) is 92.9 Å². The summed E-state index contributed by atoms with van der Waals surface area (Å²) in [7, 11) is -2.18. The fourth-order valence-electron chi connectivity index (χ4n) is 2.39. The van der Waals surface area contributed by atoms with E-state index in [9.17, 15) is 9.59 Å². The summed E-state index contributed by atoms with van der Waals surface area (Å²) in [6.07, 6.45) is 2.97. The summed E-state index contributed by atoms with van der Waals surface area (Å²) in [5, 5.41) is 0. The minimum absolute atomic E-state index is 0.00546. The summed E-state index contributed by atoms with van der Waals surface area (Å²) in [5.74, 6) is 0.0485. The molecule has 1 aliphatic carbocycles. The van der Waals surface area contributed by atoms with Crippen molar-refractivity contribution in [3.8, 4) is 0 Å². The van der Waals surface area contributed by atoms with E-state index in [-0.39, 0.29) is 18.2 Å². The molecule has 3 fully saturated rings. The summed E-state index contributed by atoms with van der Waals surface area (Å²) in [4.78, 5) is 46.5. The Morgan fingerprint density at radius 3 is 2.00 bits per heavy atom. The first-order chi connectivity index (χ1) is 11.5. The van der Waals surface area contributed by atoms with Crippen LogP contribution in [0.3, 0.4) is 0 Å². The summed E-state index contributed by atoms with van der Waals surface area (Å²) in [6, 6.07) is 0. The summed E-state index contributed by atoms with van der Waals surface area (Å²) in [6.45, 7) is 8.90. The summed E-state index contributed by atoms with van der Waals surface area (Å²) >= 11 is 0. The Hall–Kier alpha value is -1.73. The molecule has 0 aromatic rings. The van der Waals surface area contributed by atoms with Gasteiger partial charge in [-0.1, -0.05) is 6.08 Å². The fraction of sp³-hybridized carbons (Fsp3) is 0.467. The van der Waals surface area contributed by atoms with E-state index in [1.807, 2.05) is 14.7 Å². The molecule has 3 heterocycles. The van der Waals surface area contributed by atoms with Crippen LogP contribution in [0.2, 0.25) is 0 Å². The molecule has 0 spiro atoms. The molecular formula is C15H20N3O5P. The minimum atomic E-state index is -2.18. The second-order valence-electron chi connectivity index (χ2n) is 5.72. The number of hydrogen-bond donors (Lipinski definition) is 2. The number of Topliss-reactive ketones (excluding diaryl/α,β-unsaturated/α-hetero) is 1. The van der Waals surface area contributed by atoms with Gasteiger partial charge in [0.25, 0.3) is 0 Å². The maximum atomic E-state index is 12.4. The molecule has 0 unspecified atom stereocenters. The van der Waals surface area contributed by atoms with Crippen molar-refractivity contribution in [1.29, 1.82) is 0 Å². The zero-order valence-electron chi connectivity index (χ0n) is 13.2. The average molecular weight is 353 g/mol. The van der Waals surface area contributed by atoms with Crippen LogP contribution in [0.5, 0.6) is 0 Å². The second kappa shape index (κ2) is 7.03. The van der Waals surface area contributed by atoms with Gasteiger partial charge in [0.1, 0.15) is 11.4 Å². The van der Waals surface area contributed by atoms with Gasteiger partial charge in [0, 0.05) is 45.3 Å². The Labute approximate surface area is 141 Å². The van der Waals surface area contributed by atoms with Gasteiger partial charge in [-0.2, -0.15) is 0 Å². The van der Waals surface area contributed by atoms with Crippen molar-refractivity contribution in [2.45, 2.75) is 0 Å². The van der Waals surface area contributed by atoms with Crippen LogP contribution >= 0.6 is 8.60 Å². The van der Waals surface area contributed by atoms with E-state index in [0.29, 0.717) is 17.1 Å². The molecule has 0 aromatic heterocycles. The molecule has 0 saturated carbocycles. The lowest BCUT2D eigenvalue weighted by Gasteiger charge is -2.21. The van der Waals surface area contributed by atoms with Crippen LogP contribution < -0.4 is 0 Å². The standard InChI is InChI=1S/C12H13N3O2.C3H7O3P/c16-9-7-8(13-1-2-13)12(17)11(15-5-6-15)10(9)14-3-4-14;1-2-3-6-7(4)5/h7H,1-6H2;2,4-5H,1,3H2. The predicted molar refractivity (Wildman–Crippen MR) is 87.3 cm³/mol. The van der Waals surface area contributed by atoms with Crippen molar-refractivity contribution < 1.29 is 23.9 Å². The van der Waals surface area contributed by atoms with Gasteiger partial charge in [-0.05, 0) is 0 Å². The van der Waals surface area contributed by atoms with E-state index in [1.54, 1.807) is 0 Å². The van der Waals surface area contributed by atoms with Crippen molar-refractivity contribution in [2.24, 2.45) is 0 Å². The Bertz CT molecular complexity index is 619. The van der Waals surface area contributed by atoms with Gasteiger partial charge >= 0.3 is 8.60 Å². The maximum Gasteiger partial charge on any atom is 0.327 e. The van der Waals surface area contributed by atoms with Gasteiger partial charge in [0.2, 0.25) is 11.6 Å². The lowest BCUT2D eigenvalue weighted by atomic mass is 10.0. The Morgan fingerprint density at radius 1 is 1.04 bits per heavy atom. The van der Waals surface area contributed by atoms with E-state index in [4.69, 9.17) is 9.79 Å². The molecular weight excluding hydrogens is 333 g/mol. The first-order valence-electron chi connectivity index (χ1n) is 7.74. The van der Waals surface area contributed by atoms with E-state index < -0.39 is 8.60 Å². The second-order valence-corrected chi connectivity index (χ2v) is 6.48. The number of ketones is 2. The largest absolute Gasteiger partial charge is 0.365 e. The zero-order valence-corrected chi connectivity index (χ0v) is 14.1. The maximum absolute atomic E-state index is 12.4. The quantitative estimate of drug-likeness (QED) is 0.288. The summed E-state index contributed by atoms with van der Waals surface area (Å²) in [5.41, 5.74) is 1.89. The van der Waals surface area contributed by atoms with Crippen LogP contribution in [0.25, 0.3) is 0 Å². The number of carbonyl (C=O) groups is 2. The Morgan fingerprint density at radius 2 is 1.58 bits per heavy atom. The molecule has 0 atom stereocenters. The SMILES string of the molecule is C=CCOP(O)O.O=C1C=C(N2CC2)C(=O)C(N2CC2)=C1N1CC1. The lowest BCUT2D eigenvalue weighted by molar-refractivity contribution is -0.117. The van der Waals surface area contributed by atoms with Crippen molar-refractivity contribution >= 4 is 20.2 Å². The van der Waals surface area contributed by atoms with Crippen molar-refractivity contribution in [3.05, 3.63) is 35.8 Å². The third kappa shape index (κ3) is 4.02. The fourth-order valence-corrected chi connectivity index (χ4v) is 2.63. The molecule has 0 radical (unpaired) electrons. The zero-order chi connectivity index (χ0) is 17.3. The highest BCUT2D eigenvalue weighted by atomic mass is 31.2. The van der Waals surface area contributed by atoms with Crippen LogP contribution in [-0.4, -0.2) is 81.9 Å². The highest BCUT2D eigenvalue weighted by Gasteiger charge is 2.43. The van der Waals surface area contributed by atoms with Crippen LogP contribution in [0.15, 0.2) is 35.8 Å². The Kier molecular flexibility index (Phi) is 5.01. The first kappa shape index (κ1) is 17.1. The van der Waals surface area contributed by atoms with Gasteiger partial charge < -0.3 is 29.0 Å². The highest BCUT2D eigenvalue weighted by molar-refractivity contribution is 7.39. The lowest BCUT2D eigenvalue weighted by Crippen LogP contribution is -2.29. The molecule has 0 bridgehead atoms. The Balaban J connectivity index is 0.000000209. The van der Waals surface area contributed by atoms with E-state index >= 15 is 0 Å². The number of nitrogens with zero attached hydrogens (tertiary/aromatic N) is 3. The molecule has 0 aromatic carbocycles. The first-order valence-corrected chi connectivity index (χ1v) is 8.91. The van der Waals surface area contributed by atoms with Gasteiger partial charge in [-0.25, -0.2) is 0 Å². The van der Waals surface area contributed by atoms with Crippen molar-refractivity contribution in [2.75, 3.05) is 45.9 Å². The minimum Gasteiger partial charge on any atom is -0.365 e. The monoisotopic (exact) mass is 353 g/mol. The van der Waals surface area contributed by atoms with Crippen LogP contribution in [0.1, 0.15) is 0 Å². The highest BCUT2D eigenvalue weighted by Crippen LogP contribution is 2.33. The van der Waals surface area contributed by atoms with Crippen molar-refractivity contribution in [3.63, 3.8) is 0 Å². The van der Waals surface area contributed by atoms with E-state index in [1.165, 1.54) is 12.2 Å². The van der Waals surface area contributed by atoms with Gasteiger partial charge in [-0.15, -0.1) is 6.58 Å². The van der Waals surface area contributed by atoms with E-state index in [2.05, 4.69) is 11.1 Å². The molecule has 24 heavy (non-hydrogen) atoms. The molecule has 8 nitrogen and oxygen atoms in total.